The van der Waals surface area contributed by atoms with E-state index in [1.165, 1.54) is 36.1 Å². The Labute approximate surface area is 105 Å². The van der Waals surface area contributed by atoms with Gasteiger partial charge >= 0.3 is 0 Å². The van der Waals surface area contributed by atoms with Gasteiger partial charge in [0.05, 0.1) is 0 Å². The van der Waals surface area contributed by atoms with Gasteiger partial charge in [-0.05, 0) is 49.7 Å². The van der Waals surface area contributed by atoms with Crippen LogP contribution in [-0.4, -0.2) is 6.54 Å². The summed E-state index contributed by atoms with van der Waals surface area (Å²) in [6.45, 7) is 5.54. The highest BCUT2D eigenvalue weighted by Crippen LogP contribution is 2.24. The lowest BCUT2D eigenvalue weighted by Gasteiger charge is -2.21. The Bertz CT molecular complexity index is 393. The maximum atomic E-state index is 3.67. The first kappa shape index (κ1) is 12.2. The van der Waals surface area contributed by atoms with Gasteiger partial charge in [-0.25, -0.2) is 0 Å². The molecule has 0 spiro atoms. The molecular formula is C16H23N. The van der Waals surface area contributed by atoms with Crippen LogP contribution >= 0.6 is 0 Å². The van der Waals surface area contributed by atoms with Gasteiger partial charge in [-0.1, -0.05) is 37.3 Å². The first-order valence-electron chi connectivity index (χ1n) is 6.78. The monoisotopic (exact) mass is 229 g/mol. The zero-order valence-electron chi connectivity index (χ0n) is 11.0. The van der Waals surface area contributed by atoms with Crippen molar-refractivity contribution in [1.29, 1.82) is 0 Å². The summed E-state index contributed by atoms with van der Waals surface area (Å²) in [5.41, 5.74) is 4.18. The average molecular weight is 229 g/mol. The lowest BCUT2D eigenvalue weighted by molar-refractivity contribution is 0.504. The standard InChI is InChI=1S/C16H23N/c1-3-15-11-7-8-13(2)16(15)17-12-14-9-5-4-6-10-14/h4-5,7-8,11,14,17H,3,6,9-10,12H2,1-2H3. The molecule has 1 heteroatoms. The summed E-state index contributed by atoms with van der Waals surface area (Å²) in [5, 5.41) is 3.67. The molecule has 0 bridgehead atoms. The number of aryl methyl sites for hydroxylation is 2. The van der Waals surface area contributed by atoms with Crippen LogP contribution < -0.4 is 5.32 Å². The predicted molar refractivity (Wildman–Crippen MR) is 75.5 cm³/mol. The first-order valence-corrected chi connectivity index (χ1v) is 6.78. The summed E-state index contributed by atoms with van der Waals surface area (Å²) in [6, 6.07) is 6.58. The Hall–Kier alpha value is -1.24. The number of hydrogen-bond donors (Lipinski definition) is 1. The predicted octanol–water partition coefficient (Wildman–Crippen LogP) is 4.33. The third-order valence-corrected chi connectivity index (χ3v) is 3.69. The highest BCUT2D eigenvalue weighted by atomic mass is 14.9. The van der Waals surface area contributed by atoms with Gasteiger partial charge in [0.25, 0.3) is 0 Å². The van der Waals surface area contributed by atoms with E-state index in [0.717, 1.165) is 18.9 Å². The molecular weight excluding hydrogens is 206 g/mol. The minimum atomic E-state index is 0.810. The van der Waals surface area contributed by atoms with E-state index in [1.807, 2.05) is 0 Å². The fraction of sp³-hybridized carbons (Fsp3) is 0.500. The van der Waals surface area contributed by atoms with E-state index in [9.17, 15) is 0 Å². The maximum absolute atomic E-state index is 3.67. The van der Waals surface area contributed by atoms with Crippen molar-refractivity contribution in [2.45, 2.75) is 39.5 Å². The van der Waals surface area contributed by atoms with Crippen molar-refractivity contribution < 1.29 is 0 Å². The van der Waals surface area contributed by atoms with Crippen LogP contribution in [0.2, 0.25) is 0 Å². The zero-order valence-corrected chi connectivity index (χ0v) is 11.0. The van der Waals surface area contributed by atoms with E-state index in [1.54, 1.807) is 0 Å². The molecule has 1 unspecified atom stereocenters. The van der Waals surface area contributed by atoms with Crippen molar-refractivity contribution in [3.63, 3.8) is 0 Å². The Morgan fingerprint density at radius 2 is 2.18 bits per heavy atom. The fourth-order valence-electron chi connectivity index (χ4n) is 2.56. The Morgan fingerprint density at radius 3 is 2.88 bits per heavy atom. The lowest BCUT2D eigenvalue weighted by atomic mass is 9.94. The van der Waals surface area contributed by atoms with Gasteiger partial charge in [0, 0.05) is 12.2 Å². The fourth-order valence-corrected chi connectivity index (χ4v) is 2.56. The largest absolute Gasteiger partial charge is 0.384 e. The van der Waals surface area contributed by atoms with E-state index < -0.39 is 0 Å². The van der Waals surface area contributed by atoms with Gasteiger partial charge in [-0.15, -0.1) is 0 Å². The van der Waals surface area contributed by atoms with Crippen LogP contribution in [0.1, 0.15) is 37.3 Å². The third-order valence-electron chi connectivity index (χ3n) is 3.69. The molecule has 0 heterocycles. The molecule has 0 saturated heterocycles. The van der Waals surface area contributed by atoms with Crippen LogP contribution in [-0.2, 0) is 6.42 Å². The van der Waals surface area contributed by atoms with Crippen LogP contribution in [0.5, 0.6) is 0 Å². The number of anilines is 1. The number of benzene rings is 1. The van der Waals surface area contributed by atoms with Crippen molar-refractivity contribution in [3.05, 3.63) is 41.5 Å². The molecule has 1 aliphatic rings. The van der Waals surface area contributed by atoms with Gasteiger partial charge in [0.2, 0.25) is 0 Å². The van der Waals surface area contributed by atoms with Gasteiger partial charge in [0.1, 0.15) is 0 Å². The van der Waals surface area contributed by atoms with Crippen LogP contribution in [0.25, 0.3) is 0 Å². The molecule has 0 amide bonds. The molecule has 0 aromatic heterocycles. The summed E-state index contributed by atoms with van der Waals surface area (Å²) in [7, 11) is 0. The van der Waals surface area contributed by atoms with E-state index in [2.05, 4.69) is 49.5 Å². The third kappa shape index (κ3) is 3.12. The minimum absolute atomic E-state index is 0.810. The van der Waals surface area contributed by atoms with Crippen LogP contribution in [0.4, 0.5) is 5.69 Å². The van der Waals surface area contributed by atoms with Gasteiger partial charge in [-0.3, -0.25) is 0 Å². The van der Waals surface area contributed by atoms with Crippen LogP contribution in [0.15, 0.2) is 30.4 Å². The summed E-state index contributed by atoms with van der Waals surface area (Å²) >= 11 is 0. The summed E-state index contributed by atoms with van der Waals surface area (Å²) < 4.78 is 0. The highest BCUT2D eigenvalue weighted by molar-refractivity contribution is 5.57. The van der Waals surface area contributed by atoms with E-state index in [0.29, 0.717) is 0 Å². The normalized spacial score (nSPS) is 19.3. The Kier molecular flexibility index (Phi) is 4.24. The van der Waals surface area contributed by atoms with E-state index in [-0.39, 0.29) is 0 Å². The molecule has 2 rings (SSSR count). The SMILES string of the molecule is CCc1cccc(C)c1NCC1CC=CCC1. The molecule has 92 valence electrons. The summed E-state index contributed by atoms with van der Waals surface area (Å²) in [6.07, 6.45) is 9.56. The number of rotatable bonds is 4. The number of para-hydroxylation sites is 1. The molecule has 1 aliphatic carbocycles. The van der Waals surface area contributed by atoms with Crippen molar-refractivity contribution >= 4 is 5.69 Å². The van der Waals surface area contributed by atoms with Crippen molar-refractivity contribution in [2.75, 3.05) is 11.9 Å². The lowest BCUT2D eigenvalue weighted by Crippen LogP contribution is -2.16. The molecule has 1 nitrogen and oxygen atoms in total. The molecule has 0 saturated carbocycles. The number of allylic oxidation sites excluding steroid dienone is 2. The van der Waals surface area contributed by atoms with Crippen LogP contribution in [0, 0.1) is 12.8 Å². The average Bonchev–Trinajstić information content (AvgIpc) is 2.38. The topological polar surface area (TPSA) is 12.0 Å². The van der Waals surface area contributed by atoms with Gasteiger partial charge in [-0.2, -0.15) is 0 Å². The van der Waals surface area contributed by atoms with Crippen molar-refractivity contribution in [1.82, 2.24) is 0 Å². The molecule has 0 fully saturated rings. The second-order valence-corrected chi connectivity index (χ2v) is 4.99. The summed E-state index contributed by atoms with van der Waals surface area (Å²) in [5.74, 6) is 0.810. The quantitative estimate of drug-likeness (QED) is 0.758. The Morgan fingerprint density at radius 1 is 1.29 bits per heavy atom. The molecule has 0 aliphatic heterocycles. The molecule has 0 radical (unpaired) electrons. The second kappa shape index (κ2) is 5.90. The highest BCUT2D eigenvalue weighted by Gasteiger charge is 2.11. The molecule has 1 aromatic carbocycles. The molecule has 1 atom stereocenters. The first-order chi connectivity index (χ1) is 8.31. The molecule has 1 aromatic rings. The minimum Gasteiger partial charge on any atom is -0.384 e. The second-order valence-electron chi connectivity index (χ2n) is 4.99. The maximum Gasteiger partial charge on any atom is 0.0402 e. The number of hydrogen-bond acceptors (Lipinski definition) is 1. The van der Waals surface area contributed by atoms with Gasteiger partial charge < -0.3 is 5.32 Å². The zero-order chi connectivity index (χ0) is 12.1. The Balaban J connectivity index is 2.00. The molecule has 1 N–H and O–H groups in total. The van der Waals surface area contributed by atoms with Crippen LogP contribution in [0.3, 0.4) is 0 Å². The smallest absolute Gasteiger partial charge is 0.0402 e. The molecule has 17 heavy (non-hydrogen) atoms. The van der Waals surface area contributed by atoms with Gasteiger partial charge in [0.15, 0.2) is 0 Å². The van der Waals surface area contributed by atoms with Crippen molar-refractivity contribution in [2.24, 2.45) is 5.92 Å². The van der Waals surface area contributed by atoms with E-state index in [4.69, 9.17) is 0 Å². The summed E-state index contributed by atoms with van der Waals surface area (Å²) in [4.78, 5) is 0. The van der Waals surface area contributed by atoms with E-state index >= 15 is 0 Å². The van der Waals surface area contributed by atoms with Crippen molar-refractivity contribution in [3.8, 4) is 0 Å². The number of nitrogens with one attached hydrogen (secondary N) is 1.